The lowest BCUT2D eigenvalue weighted by atomic mass is 10.0. The number of rotatable bonds is 6. The van der Waals surface area contributed by atoms with Crippen LogP contribution in [0.15, 0.2) is 0 Å². The molecule has 0 aromatic carbocycles. The predicted octanol–water partition coefficient (Wildman–Crippen LogP) is 1.01. The van der Waals surface area contributed by atoms with Gasteiger partial charge in [0, 0.05) is 6.54 Å². The Labute approximate surface area is 98.3 Å². The second kappa shape index (κ2) is 6.21. The molecule has 0 radical (unpaired) electrons. The molecule has 1 aliphatic rings. The Morgan fingerprint density at radius 1 is 1.44 bits per heavy atom. The molecule has 1 unspecified atom stereocenters. The van der Waals surface area contributed by atoms with Gasteiger partial charge in [-0.3, -0.25) is 4.79 Å². The fourth-order valence-electron chi connectivity index (χ4n) is 2.21. The highest BCUT2D eigenvalue weighted by molar-refractivity contribution is 5.80. The van der Waals surface area contributed by atoms with Crippen LogP contribution in [0, 0.1) is 0 Å². The Morgan fingerprint density at radius 3 is 2.56 bits per heavy atom. The first-order chi connectivity index (χ1) is 7.62. The zero-order valence-corrected chi connectivity index (χ0v) is 10.7. The molecule has 0 aliphatic carbocycles. The molecule has 4 nitrogen and oxygen atoms in total. The number of ether oxygens (including phenoxy) is 1. The van der Waals surface area contributed by atoms with Gasteiger partial charge >= 0.3 is 5.97 Å². The molecule has 0 aromatic heterocycles. The summed E-state index contributed by atoms with van der Waals surface area (Å²) in [6.07, 6.45) is 3.50. The maximum absolute atomic E-state index is 11.8. The average Bonchev–Trinajstić information content (AvgIpc) is 2.77. The van der Waals surface area contributed by atoms with Gasteiger partial charge in [-0.15, -0.1) is 0 Å². The lowest BCUT2D eigenvalue weighted by molar-refractivity contribution is -0.148. The Hall–Kier alpha value is -0.610. The molecule has 0 amide bonds. The van der Waals surface area contributed by atoms with E-state index < -0.39 is 5.54 Å². The molecule has 1 fully saturated rings. The Morgan fingerprint density at radius 2 is 2.06 bits per heavy atom. The van der Waals surface area contributed by atoms with Gasteiger partial charge in [0.15, 0.2) is 0 Å². The molecule has 94 valence electrons. The van der Waals surface area contributed by atoms with Crippen molar-refractivity contribution in [2.45, 2.75) is 38.6 Å². The van der Waals surface area contributed by atoms with Gasteiger partial charge in [0.25, 0.3) is 0 Å². The molecule has 1 heterocycles. The Bertz CT molecular complexity index is 227. The van der Waals surface area contributed by atoms with Crippen molar-refractivity contribution in [1.82, 2.24) is 10.2 Å². The van der Waals surface area contributed by atoms with Crippen molar-refractivity contribution in [2.75, 3.05) is 33.3 Å². The zero-order chi connectivity index (χ0) is 12.0. The minimum atomic E-state index is -0.560. The van der Waals surface area contributed by atoms with E-state index in [4.69, 9.17) is 4.74 Å². The molecular weight excluding hydrogens is 204 g/mol. The number of nitrogens with zero attached hydrogens (tertiary/aromatic N) is 1. The maximum Gasteiger partial charge on any atom is 0.327 e. The fraction of sp³-hybridized carbons (Fsp3) is 0.917. The lowest BCUT2D eigenvalue weighted by Crippen LogP contribution is -2.57. The van der Waals surface area contributed by atoms with Crippen LogP contribution in [0.25, 0.3) is 0 Å². The van der Waals surface area contributed by atoms with Crippen LogP contribution in [0.3, 0.4) is 0 Å². The van der Waals surface area contributed by atoms with Crippen molar-refractivity contribution in [3.63, 3.8) is 0 Å². The van der Waals surface area contributed by atoms with Gasteiger partial charge in [-0.2, -0.15) is 0 Å². The summed E-state index contributed by atoms with van der Waals surface area (Å²) in [7, 11) is 1.46. The smallest absolute Gasteiger partial charge is 0.327 e. The van der Waals surface area contributed by atoms with E-state index in [1.807, 2.05) is 6.92 Å². The Kier molecular flexibility index (Phi) is 5.22. The molecule has 1 atom stereocenters. The first-order valence-corrected chi connectivity index (χ1v) is 6.18. The van der Waals surface area contributed by atoms with E-state index in [0.717, 1.165) is 32.6 Å². The molecule has 0 spiro atoms. The highest BCUT2D eigenvalue weighted by Gasteiger charge is 2.36. The predicted molar refractivity (Wildman–Crippen MR) is 64.4 cm³/mol. The topological polar surface area (TPSA) is 41.6 Å². The van der Waals surface area contributed by atoms with Crippen molar-refractivity contribution < 1.29 is 9.53 Å². The van der Waals surface area contributed by atoms with Crippen molar-refractivity contribution >= 4 is 5.97 Å². The largest absolute Gasteiger partial charge is 0.468 e. The van der Waals surface area contributed by atoms with Gasteiger partial charge in [0.1, 0.15) is 5.54 Å². The van der Waals surface area contributed by atoms with Crippen LogP contribution < -0.4 is 5.32 Å². The van der Waals surface area contributed by atoms with Crippen molar-refractivity contribution in [3.05, 3.63) is 0 Å². The van der Waals surface area contributed by atoms with Crippen LogP contribution in [0.2, 0.25) is 0 Å². The second-order valence-electron chi connectivity index (χ2n) is 4.73. The number of likely N-dealkylation sites (tertiary alicyclic amines) is 1. The van der Waals surface area contributed by atoms with Gasteiger partial charge in [-0.25, -0.2) is 0 Å². The van der Waals surface area contributed by atoms with E-state index in [0.29, 0.717) is 0 Å². The van der Waals surface area contributed by atoms with Crippen LogP contribution in [-0.2, 0) is 9.53 Å². The van der Waals surface area contributed by atoms with E-state index in [-0.39, 0.29) is 5.97 Å². The standard InChI is InChI=1S/C12H24N2O2/c1-4-7-13-12(2,11(15)16-3)10-14-8-5-6-9-14/h13H,4-10H2,1-3H3. The van der Waals surface area contributed by atoms with E-state index in [2.05, 4.69) is 17.1 Å². The van der Waals surface area contributed by atoms with Crippen LogP contribution in [-0.4, -0.2) is 49.7 Å². The van der Waals surface area contributed by atoms with Crippen molar-refractivity contribution in [2.24, 2.45) is 0 Å². The number of carbonyl (C=O) groups excluding carboxylic acids is 1. The molecule has 0 aromatic rings. The first kappa shape index (κ1) is 13.5. The quantitative estimate of drug-likeness (QED) is 0.689. The summed E-state index contributed by atoms with van der Waals surface area (Å²) >= 11 is 0. The van der Waals surface area contributed by atoms with Crippen LogP contribution in [0.5, 0.6) is 0 Å². The van der Waals surface area contributed by atoms with Gasteiger partial charge in [0.2, 0.25) is 0 Å². The molecular formula is C12H24N2O2. The summed E-state index contributed by atoms with van der Waals surface area (Å²) in [5.41, 5.74) is -0.560. The molecule has 1 aliphatic heterocycles. The maximum atomic E-state index is 11.8. The molecule has 0 bridgehead atoms. The van der Waals surface area contributed by atoms with Gasteiger partial charge in [-0.1, -0.05) is 6.92 Å². The summed E-state index contributed by atoms with van der Waals surface area (Å²) in [6, 6.07) is 0. The summed E-state index contributed by atoms with van der Waals surface area (Å²) in [4.78, 5) is 14.1. The number of carbonyl (C=O) groups is 1. The molecule has 1 N–H and O–H groups in total. The molecule has 4 heteroatoms. The van der Waals surface area contributed by atoms with E-state index in [1.165, 1.54) is 20.0 Å². The van der Waals surface area contributed by atoms with E-state index in [9.17, 15) is 4.79 Å². The lowest BCUT2D eigenvalue weighted by Gasteiger charge is -2.32. The molecule has 0 saturated carbocycles. The first-order valence-electron chi connectivity index (χ1n) is 6.18. The summed E-state index contributed by atoms with van der Waals surface area (Å²) in [5.74, 6) is -0.159. The SMILES string of the molecule is CCCNC(C)(CN1CCCC1)C(=O)OC. The molecule has 16 heavy (non-hydrogen) atoms. The van der Waals surface area contributed by atoms with Crippen molar-refractivity contribution in [3.8, 4) is 0 Å². The van der Waals surface area contributed by atoms with Crippen LogP contribution >= 0.6 is 0 Å². The van der Waals surface area contributed by atoms with Gasteiger partial charge in [0.05, 0.1) is 7.11 Å². The third kappa shape index (κ3) is 3.46. The number of hydrogen-bond acceptors (Lipinski definition) is 4. The summed E-state index contributed by atoms with van der Waals surface area (Å²) in [5, 5.41) is 3.31. The average molecular weight is 228 g/mol. The van der Waals surface area contributed by atoms with Crippen molar-refractivity contribution in [1.29, 1.82) is 0 Å². The third-order valence-corrected chi connectivity index (χ3v) is 3.14. The fourth-order valence-corrected chi connectivity index (χ4v) is 2.21. The third-order valence-electron chi connectivity index (χ3n) is 3.14. The minimum absolute atomic E-state index is 0.159. The van der Waals surface area contributed by atoms with E-state index >= 15 is 0 Å². The Balaban J connectivity index is 2.57. The monoisotopic (exact) mass is 228 g/mol. The minimum Gasteiger partial charge on any atom is -0.468 e. The molecule has 1 saturated heterocycles. The normalized spacial score (nSPS) is 20.7. The number of esters is 1. The zero-order valence-electron chi connectivity index (χ0n) is 10.7. The van der Waals surface area contributed by atoms with Gasteiger partial charge < -0.3 is 15.0 Å². The number of hydrogen-bond donors (Lipinski definition) is 1. The van der Waals surface area contributed by atoms with Gasteiger partial charge in [-0.05, 0) is 45.8 Å². The molecule has 1 rings (SSSR count). The number of methoxy groups -OCH3 is 1. The highest BCUT2D eigenvalue weighted by Crippen LogP contribution is 2.14. The van der Waals surface area contributed by atoms with Crippen LogP contribution in [0.1, 0.15) is 33.1 Å². The second-order valence-corrected chi connectivity index (χ2v) is 4.73. The van der Waals surface area contributed by atoms with E-state index in [1.54, 1.807) is 0 Å². The number of nitrogens with one attached hydrogen (secondary N) is 1. The van der Waals surface area contributed by atoms with Crippen LogP contribution in [0.4, 0.5) is 0 Å². The highest BCUT2D eigenvalue weighted by atomic mass is 16.5. The summed E-state index contributed by atoms with van der Waals surface area (Å²) < 4.78 is 4.89. The summed E-state index contributed by atoms with van der Waals surface area (Å²) in [6.45, 7) is 7.83.